The molecule has 1 heterocycles. The number of hydrogen-bond donors (Lipinski definition) is 0. The molecular weight excluding hydrogens is 739 g/mol. The molecule has 0 saturated carbocycles. The molecule has 7 rings (SSSR count). The van der Waals surface area contributed by atoms with E-state index in [9.17, 15) is 0 Å². The third kappa shape index (κ3) is 6.66. The van der Waals surface area contributed by atoms with Crippen molar-refractivity contribution in [3.05, 3.63) is 127 Å². The van der Waals surface area contributed by atoms with E-state index in [1.807, 2.05) is 0 Å². The topological polar surface area (TPSA) is 0 Å². The third-order valence-electron chi connectivity index (χ3n) is 12.8. The van der Waals surface area contributed by atoms with Crippen molar-refractivity contribution in [2.45, 2.75) is 122 Å². The van der Waals surface area contributed by atoms with E-state index >= 15 is 0 Å². The van der Waals surface area contributed by atoms with Crippen LogP contribution in [0.2, 0.25) is 8.26 Å². The van der Waals surface area contributed by atoms with Crippen LogP contribution in [0.5, 0.6) is 0 Å². The number of benzene rings is 4. The molecule has 51 heavy (non-hydrogen) atoms. The van der Waals surface area contributed by atoms with E-state index in [4.69, 9.17) is 0 Å². The van der Waals surface area contributed by atoms with E-state index in [1.165, 1.54) is 63.9 Å². The summed E-state index contributed by atoms with van der Waals surface area (Å²) in [4.78, 5) is 0. The molecule has 0 aromatic heterocycles. The Morgan fingerprint density at radius 2 is 0.882 bits per heavy atom. The maximum Gasteiger partial charge on any atom is -1.00 e. The van der Waals surface area contributed by atoms with Gasteiger partial charge in [-0.15, -0.1) is 0 Å². The first-order valence-corrected chi connectivity index (χ1v) is 25.3. The van der Waals surface area contributed by atoms with Crippen LogP contribution in [0.1, 0.15) is 131 Å². The summed E-state index contributed by atoms with van der Waals surface area (Å²) in [5.41, 5.74) is 24.7. The minimum absolute atomic E-state index is 0. The standard InChI is InChI=1S/2C23H27.C2H4.2ClH.Zr/c2*1-7-17-13-20-16(3)15(2)12-21(22(20)14-17)18-8-10-19(11-9-18)23(4,5)6;1-2;;;/h2*8-14H,7H2,1-6H3;1-2H2;2*1H;/q;;;;;+2/p-2. The maximum absolute atomic E-state index is 2.86. The van der Waals surface area contributed by atoms with Crippen molar-refractivity contribution in [2.75, 3.05) is 0 Å². The minimum Gasteiger partial charge on any atom is -1.00 e. The van der Waals surface area contributed by atoms with Crippen LogP contribution in [-0.4, -0.2) is 0 Å². The number of allylic oxidation sites excluding steroid dienone is 2. The van der Waals surface area contributed by atoms with E-state index in [0.717, 1.165) is 12.8 Å². The molecule has 4 aromatic carbocycles. The molecular formula is C48H58Cl2Zr. The van der Waals surface area contributed by atoms with Gasteiger partial charge in [0.25, 0.3) is 0 Å². The molecule has 0 N–H and O–H groups in total. The molecule has 3 aliphatic rings. The Labute approximate surface area is 326 Å². The number of fused-ring (bicyclic) bond motifs is 2. The van der Waals surface area contributed by atoms with Gasteiger partial charge >= 0.3 is 304 Å². The van der Waals surface area contributed by atoms with Crippen molar-refractivity contribution >= 4 is 12.2 Å². The molecule has 3 heteroatoms. The van der Waals surface area contributed by atoms with Crippen LogP contribution in [0, 0.1) is 27.7 Å². The maximum atomic E-state index is 2.67. The predicted octanol–water partition coefficient (Wildman–Crippen LogP) is 8.26. The fourth-order valence-corrected chi connectivity index (χ4v) is 27.7. The van der Waals surface area contributed by atoms with Gasteiger partial charge in [0.2, 0.25) is 0 Å². The number of hydrogen-bond acceptors (Lipinski definition) is 0. The van der Waals surface area contributed by atoms with Gasteiger partial charge in [0.1, 0.15) is 0 Å². The van der Waals surface area contributed by atoms with E-state index in [1.54, 1.807) is 33.4 Å². The number of halogens is 2. The van der Waals surface area contributed by atoms with Crippen LogP contribution >= 0.6 is 0 Å². The quantitative estimate of drug-likeness (QED) is 0.185. The van der Waals surface area contributed by atoms with E-state index < -0.39 is 20.3 Å². The second-order valence-electron chi connectivity index (χ2n) is 17.8. The van der Waals surface area contributed by atoms with E-state index in [0.29, 0.717) is 7.25 Å². The van der Waals surface area contributed by atoms with Gasteiger partial charge in [-0.2, -0.15) is 0 Å². The minimum atomic E-state index is -2.86. The van der Waals surface area contributed by atoms with Crippen molar-refractivity contribution in [1.29, 1.82) is 0 Å². The third-order valence-corrected chi connectivity index (χ3v) is 25.7. The van der Waals surface area contributed by atoms with Crippen LogP contribution in [0.15, 0.2) is 71.8 Å². The van der Waals surface area contributed by atoms with Gasteiger partial charge in [0.15, 0.2) is 0 Å². The molecule has 2 unspecified atom stereocenters. The molecule has 1 aliphatic heterocycles. The molecule has 0 nitrogen and oxygen atoms in total. The molecule has 268 valence electrons. The summed E-state index contributed by atoms with van der Waals surface area (Å²) in [5, 5.41) is 0. The summed E-state index contributed by atoms with van der Waals surface area (Å²) in [6, 6.07) is 24.0. The number of rotatable bonds is 6. The van der Waals surface area contributed by atoms with Crippen LogP contribution < -0.4 is 24.8 Å². The first-order valence-electron chi connectivity index (χ1n) is 19.0. The average Bonchev–Trinajstić information content (AvgIpc) is 3.59. The molecule has 1 saturated heterocycles. The molecule has 0 radical (unpaired) electrons. The predicted molar refractivity (Wildman–Crippen MR) is 212 cm³/mol. The fraction of sp³-hybridized carbons (Fsp3) is 0.417. The molecule has 2 atom stereocenters. The molecule has 0 spiro atoms. The van der Waals surface area contributed by atoms with Gasteiger partial charge in [0, 0.05) is 0 Å². The SMILES string of the molecule is CCC1=Cc2c(-c3ccc(C(C)(C)C)cc3)cc(C)c(C)c2[CH]1[Zr+2]1([CH]2C(CC)=Cc3c(-c4ccc(C(C)(C)C)cc4)cc(C)c(C)c32)[CH2][CH2]1.[Cl-].[Cl-]. The van der Waals surface area contributed by atoms with Gasteiger partial charge in [-0.25, -0.2) is 0 Å². The number of aryl methyl sites for hydroxylation is 2. The summed E-state index contributed by atoms with van der Waals surface area (Å²) >= 11 is -2.86. The Morgan fingerprint density at radius 3 is 1.16 bits per heavy atom. The van der Waals surface area contributed by atoms with Crippen LogP contribution in [0.3, 0.4) is 0 Å². The zero-order valence-corrected chi connectivity index (χ0v) is 37.1. The molecule has 2 aliphatic carbocycles. The Bertz CT molecular complexity index is 1880. The molecule has 0 amide bonds. The van der Waals surface area contributed by atoms with Crippen LogP contribution in [-0.2, 0) is 31.1 Å². The molecule has 4 aromatic rings. The van der Waals surface area contributed by atoms with Gasteiger partial charge in [-0.05, 0) is 0 Å². The van der Waals surface area contributed by atoms with Crippen LogP contribution in [0.25, 0.3) is 34.4 Å². The monoisotopic (exact) mass is 794 g/mol. The normalized spacial score (nSPS) is 18.0. The van der Waals surface area contributed by atoms with Gasteiger partial charge in [-0.1, -0.05) is 0 Å². The first kappa shape index (κ1) is 40.0. The smallest absolute Gasteiger partial charge is 1.00 e. The van der Waals surface area contributed by atoms with Crippen molar-refractivity contribution in [3.63, 3.8) is 0 Å². The Balaban J connectivity index is 0.00000252. The second-order valence-corrected chi connectivity index (χ2v) is 29.1. The zero-order valence-electron chi connectivity index (χ0n) is 33.2. The van der Waals surface area contributed by atoms with Crippen molar-refractivity contribution in [2.24, 2.45) is 0 Å². The largest absolute Gasteiger partial charge is 1.00 e. The molecule has 1 fully saturated rings. The summed E-state index contributed by atoms with van der Waals surface area (Å²) in [6.07, 6.45) is 7.66. The van der Waals surface area contributed by atoms with Crippen LogP contribution in [0.4, 0.5) is 0 Å². The summed E-state index contributed by atoms with van der Waals surface area (Å²) in [6.45, 7) is 28.4. The first-order chi connectivity index (χ1) is 23.1. The van der Waals surface area contributed by atoms with E-state index in [2.05, 4.69) is 156 Å². The van der Waals surface area contributed by atoms with Crippen molar-refractivity contribution in [3.8, 4) is 22.3 Å². The van der Waals surface area contributed by atoms with Gasteiger partial charge in [-0.3, -0.25) is 0 Å². The van der Waals surface area contributed by atoms with E-state index in [-0.39, 0.29) is 35.6 Å². The Hall–Kier alpha value is -2.18. The zero-order chi connectivity index (χ0) is 35.2. The van der Waals surface area contributed by atoms with Crippen molar-refractivity contribution < 1.29 is 45.1 Å². The van der Waals surface area contributed by atoms with Gasteiger partial charge in [0.05, 0.1) is 0 Å². The second kappa shape index (κ2) is 14.2. The Kier molecular flexibility index (Phi) is 11.2. The fourth-order valence-electron chi connectivity index (χ4n) is 9.48. The van der Waals surface area contributed by atoms with Gasteiger partial charge < -0.3 is 24.8 Å². The molecule has 0 bridgehead atoms. The van der Waals surface area contributed by atoms with Crippen molar-refractivity contribution in [1.82, 2.24) is 0 Å². The summed E-state index contributed by atoms with van der Waals surface area (Å²) in [5.74, 6) is 0. The summed E-state index contributed by atoms with van der Waals surface area (Å²) in [7, 11) is 0. The summed E-state index contributed by atoms with van der Waals surface area (Å²) < 4.78 is 4.34. The Morgan fingerprint density at radius 1 is 0.549 bits per heavy atom. The average molecular weight is 797 g/mol.